The predicted octanol–water partition coefficient (Wildman–Crippen LogP) is -0.749. The summed E-state index contributed by atoms with van der Waals surface area (Å²) in [6.45, 7) is 1.56. The van der Waals surface area contributed by atoms with Gasteiger partial charge in [0.25, 0.3) is 5.56 Å². The Morgan fingerprint density at radius 2 is 2.12 bits per heavy atom. The molecule has 0 bridgehead atoms. The molecule has 6 heteroatoms. The van der Waals surface area contributed by atoms with Crippen molar-refractivity contribution in [1.29, 1.82) is 0 Å². The second-order valence-electron chi connectivity index (χ2n) is 3.36. The number of aliphatic hydroxyl groups excluding tert-OH is 2. The minimum Gasteiger partial charge on any atom is -0.467 e. The second-order valence-corrected chi connectivity index (χ2v) is 3.36. The van der Waals surface area contributed by atoms with Gasteiger partial charge in [-0.3, -0.25) is 4.79 Å². The van der Waals surface area contributed by atoms with Crippen LogP contribution in [0.1, 0.15) is 17.2 Å². The van der Waals surface area contributed by atoms with Crippen LogP contribution in [0.4, 0.5) is 0 Å². The molecule has 0 spiro atoms. The summed E-state index contributed by atoms with van der Waals surface area (Å²) in [5.41, 5.74) is 0.340. The van der Waals surface area contributed by atoms with E-state index in [2.05, 4.69) is 9.72 Å². The average Bonchev–Trinajstić information content (AvgIpc) is 2.29. The summed E-state index contributed by atoms with van der Waals surface area (Å²) in [7, 11) is 1.11. The number of hydrogen-bond acceptors (Lipinski definition) is 5. The van der Waals surface area contributed by atoms with Crippen molar-refractivity contribution in [2.24, 2.45) is 0 Å². The lowest BCUT2D eigenvalue weighted by molar-refractivity contribution is -0.156. The Hall–Kier alpha value is -1.66. The van der Waals surface area contributed by atoms with E-state index in [-0.39, 0.29) is 11.1 Å². The molecule has 0 radical (unpaired) electrons. The first-order valence-corrected chi connectivity index (χ1v) is 4.60. The lowest BCUT2D eigenvalue weighted by Gasteiger charge is -2.15. The van der Waals surface area contributed by atoms with E-state index in [1.807, 2.05) is 0 Å². The highest BCUT2D eigenvalue weighted by molar-refractivity contribution is 5.75. The number of carbonyl (C=O) groups is 1. The van der Waals surface area contributed by atoms with Crippen LogP contribution in [0.15, 0.2) is 17.1 Å². The van der Waals surface area contributed by atoms with Crippen LogP contribution in [0.2, 0.25) is 0 Å². The number of rotatable bonds is 3. The van der Waals surface area contributed by atoms with E-state index in [0.717, 1.165) is 7.11 Å². The van der Waals surface area contributed by atoms with Gasteiger partial charge < -0.3 is 19.9 Å². The quantitative estimate of drug-likeness (QED) is 0.590. The van der Waals surface area contributed by atoms with Crippen molar-refractivity contribution in [3.8, 4) is 0 Å². The Kier molecular flexibility index (Phi) is 3.81. The summed E-state index contributed by atoms with van der Waals surface area (Å²) in [6.07, 6.45) is -1.86. The van der Waals surface area contributed by atoms with Crippen LogP contribution in [0, 0.1) is 6.92 Å². The number of esters is 1. The lowest BCUT2D eigenvalue weighted by atomic mass is 10.1. The molecule has 1 aromatic rings. The first kappa shape index (κ1) is 12.4. The fourth-order valence-corrected chi connectivity index (χ4v) is 1.22. The van der Waals surface area contributed by atoms with Gasteiger partial charge in [0, 0.05) is 17.3 Å². The highest BCUT2D eigenvalue weighted by Gasteiger charge is 2.26. The number of aryl methyl sites for hydroxylation is 1. The zero-order chi connectivity index (χ0) is 12.3. The topological polar surface area (TPSA) is 99.6 Å². The van der Waals surface area contributed by atoms with Gasteiger partial charge in [0.2, 0.25) is 0 Å². The Labute approximate surface area is 91.5 Å². The van der Waals surface area contributed by atoms with Crippen molar-refractivity contribution in [2.45, 2.75) is 19.1 Å². The summed E-state index contributed by atoms with van der Waals surface area (Å²) in [6, 6.07) is 1.40. The van der Waals surface area contributed by atoms with E-state index in [9.17, 15) is 19.8 Å². The molecule has 0 amide bonds. The number of hydrogen-bond donors (Lipinski definition) is 3. The lowest BCUT2D eigenvalue weighted by Crippen LogP contribution is -2.29. The van der Waals surface area contributed by atoms with Crippen molar-refractivity contribution >= 4 is 5.97 Å². The van der Waals surface area contributed by atoms with Crippen molar-refractivity contribution in [1.82, 2.24) is 4.98 Å². The van der Waals surface area contributed by atoms with E-state index in [0.29, 0.717) is 5.56 Å². The minimum absolute atomic E-state index is 0.245. The predicted molar refractivity (Wildman–Crippen MR) is 54.8 cm³/mol. The number of aromatic nitrogens is 1. The monoisotopic (exact) mass is 227 g/mol. The molecule has 88 valence electrons. The molecule has 2 unspecified atom stereocenters. The maximum Gasteiger partial charge on any atom is 0.337 e. The highest BCUT2D eigenvalue weighted by atomic mass is 16.5. The second kappa shape index (κ2) is 4.91. The zero-order valence-electron chi connectivity index (χ0n) is 8.93. The molecule has 0 aliphatic heterocycles. The molecule has 0 aromatic carbocycles. The van der Waals surface area contributed by atoms with Gasteiger partial charge in [-0.25, -0.2) is 4.79 Å². The molecule has 3 N–H and O–H groups in total. The molecule has 1 aromatic heterocycles. The van der Waals surface area contributed by atoms with Crippen LogP contribution < -0.4 is 5.56 Å². The van der Waals surface area contributed by atoms with Gasteiger partial charge in [-0.15, -0.1) is 0 Å². The van der Waals surface area contributed by atoms with Gasteiger partial charge in [-0.05, 0) is 13.0 Å². The Morgan fingerprint density at radius 3 is 2.62 bits per heavy atom. The van der Waals surface area contributed by atoms with Crippen molar-refractivity contribution in [2.75, 3.05) is 7.11 Å². The SMILES string of the molecule is COC(=O)C(O)C(O)c1c[nH]c(=O)c(C)c1. The van der Waals surface area contributed by atoms with Gasteiger partial charge in [0.15, 0.2) is 6.10 Å². The molecular weight excluding hydrogens is 214 g/mol. The molecule has 16 heavy (non-hydrogen) atoms. The van der Waals surface area contributed by atoms with E-state index in [1.54, 1.807) is 6.92 Å². The fourth-order valence-electron chi connectivity index (χ4n) is 1.22. The van der Waals surface area contributed by atoms with Crippen LogP contribution in [-0.4, -0.2) is 34.4 Å². The van der Waals surface area contributed by atoms with Crippen LogP contribution in [0.3, 0.4) is 0 Å². The van der Waals surface area contributed by atoms with Crippen LogP contribution >= 0.6 is 0 Å². The summed E-state index contributed by atoms with van der Waals surface area (Å²) >= 11 is 0. The maximum absolute atomic E-state index is 11.1. The third-order valence-electron chi connectivity index (χ3n) is 2.19. The highest BCUT2D eigenvalue weighted by Crippen LogP contribution is 2.16. The standard InChI is InChI=1S/C10H13NO5/c1-5-3-6(4-11-9(5)14)7(12)8(13)10(15)16-2/h3-4,7-8,12-13H,1-2H3,(H,11,14). The normalized spacial score (nSPS) is 14.2. The van der Waals surface area contributed by atoms with Crippen molar-refractivity contribution in [3.63, 3.8) is 0 Å². The number of pyridine rings is 1. The molecule has 0 aliphatic rings. The average molecular weight is 227 g/mol. The smallest absolute Gasteiger partial charge is 0.337 e. The summed E-state index contributed by atoms with van der Waals surface area (Å²) in [4.78, 5) is 24.4. The first-order chi connectivity index (χ1) is 7.47. The third kappa shape index (κ3) is 2.47. The molecule has 0 saturated heterocycles. The number of H-pyrrole nitrogens is 1. The number of ether oxygens (including phenoxy) is 1. The van der Waals surface area contributed by atoms with Crippen LogP contribution in [-0.2, 0) is 9.53 Å². The molecule has 2 atom stereocenters. The Morgan fingerprint density at radius 1 is 1.50 bits per heavy atom. The van der Waals surface area contributed by atoms with E-state index >= 15 is 0 Å². The minimum atomic E-state index is -1.67. The van der Waals surface area contributed by atoms with E-state index in [1.165, 1.54) is 12.3 Å². The number of aliphatic hydroxyl groups is 2. The van der Waals surface area contributed by atoms with Gasteiger partial charge in [0.1, 0.15) is 6.10 Å². The largest absolute Gasteiger partial charge is 0.467 e. The van der Waals surface area contributed by atoms with Gasteiger partial charge in [-0.1, -0.05) is 0 Å². The number of methoxy groups -OCH3 is 1. The van der Waals surface area contributed by atoms with Crippen molar-refractivity contribution < 1.29 is 19.7 Å². The number of aromatic amines is 1. The third-order valence-corrected chi connectivity index (χ3v) is 2.19. The van der Waals surface area contributed by atoms with E-state index < -0.39 is 18.2 Å². The number of nitrogens with one attached hydrogen (secondary N) is 1. The van der Waals surface area contributed by atoms with Gasteiger partial charge in [-0.2, -0.15) is 0 Å². The van der Waals surface area contributed by atoms with E-state index in [4.69, 9.17) is 0 Å². The summed E-state index contributed by atoms with van der Waals surface area (Å²) < 4.78 is 4.29. The number of carbonyl (C=O) groups excluding carboxylic acids is 1. The molecular formula is C10H13NO5. The molecule has 0 saturated carbocycles. The first-order valence-electron chi connectivity index (χ1n) is 4.60. The zero-order valence-corrected chi connectivity index (χ0v) is 8.93. The summed E-state index contributed by atoms with van der Waals surface area (Å²) in [5, 5.41) is 19.0. The van der Waals surface area contributed by atoms with Gasteiger partial charge >= 0.3 is 5.97 Å². The van der Waals surface area contributed by atoms with Crippen molar-refractivity contribution in [3.05, 3.63) is 33.7 Å². The summed E-state index contributed by atoms with van der Waals surface area (Å²) in [5.74, 6) is -0.934. The maximum atomic E-state index is 11.1. The molecule has 1 heterocycles. The van der Waals surface area contributed by atoms with Gasteiger partial charge in [0.05, 0.1) is 7.11 Å². The molecule has 6 nitrogen and oxygen atoms in total. The Balaban J connectivity index is 2.96. The Bertz CT molecular complexity index is 439. The molecule has 0 aliphatic carbocycles. The fraction of sp³-hybridized carbons (Fsp3) is 0.400. The molecule has 1 rings (SSSR count). The molecule has 0 fully saturated rings. The van der Waals surface area contributed by atoms with Crippen LogP contribution in [0.5, 0.6) is 0 Å². The van der Waals surface area contributed by atoms with Crippen LogP contribution in [0.25, 0.3) is 0 Å².